The van der Waals surface area contributed by atoms with Crippen LogP contribution in [-0.2, 0) is 10.0 Å². The van der Waals surface area contributed by atoms with E-state index in [-0.39, 0.29) is 15.1 Å². The molecule has 1 fully saturated rings. The van der Waals surface area contributed by atoms with Crippen molar-refractivity contribution < 1.29 is 18.3 Å². The first-order valence-electron chi connectivity index (χ1n) is 6.19. The number of carboxylic acid groups (broad SMARTS) is 1. The van der Waals surface area contributed by atoms with Gasteiger partial charge in [-0.25, -0.2) is 13.2 Å². The second kappa shape index (κ2) is 5.22. The summed E-state index contributed by atoms with van der Waals surface area (Å²) in [7, 11) is -3.56. The molecular formula is C12H17NO4S2. The zero-order chi connectivity index (χ0) is 14.2. The summed E-state index contributed by atoms with van der Waals surface area (Å²) >= 11 is 0.841. The number of hydrogen-bond donors (Lipinski definition) is 1. The third-order valence-corrected chi connectivity index (χ3v) is 7.08. The van der Waals surface area contributed by atoms with E-state index in [4.69, 9.17) is 5.11 Å². The van der Waals surface area contributed by atoms with Gasteiger partial charge in [0.05, 0.1) is 0 Å². The Labute approximate surface area is 116 Å². The molecule has 7 heteroatoms. The minimum atomic E-state index is -3.56. The highest BCUT2D eigenvalue weighted by Crippen LogP contribution is 2.31. The maximum absolute atomic E-state index is 12.5. The smallest absolute Gasteiger partial charge is 0.346 e. The van der Waals surface area contributed by atoms with E-state index in [0.717, 1.165) is 30.6 Å². The van der Waals surface area contributed by atoms with Crippen LogP contribution in [0.4, 0.5) is 0 Å². The number of nitrogens with zero attached hydrogens (tertiary/aromatic N) is 1. The van der Waals surface area contributed by atoms with Crippen molar-refractivity contribution >= 4 is 27.3 Å². The van der Waals surface area contributed by atoms with E-state index >= 15 is 0 Å². The van der Waals surface area contributed by atoms with Gasteiger partial charge in [-0.1, -0.05) is 6.42 Å². The van der Waals surface area contributed by atoms with Crippen molar-refractivity contribution in [3.8, 4) is 0 Å². The van der Waals surface area contributed by atoms with Crippen LogP contribution in [0.3, 0.4) is 0 Å². The maximum Gasteiger partial charge on any atom is 0.346 e. The molecule has 0 aromatic carbocycles. The molecule has 1 unspecified atom stereocenters. The van der Waals surface area contributed by atoms with Gasteiger partial charge < -0.3 is 5.11 Å². The predicted octanol–water partition coefficient (Wildman–Crippen LogP) is 2.32. The molecule has 1 saturated heterocycles. The van der Waals surface area contributed by atoms with Gasteiger partial charge >= 0.3 is 5.97 Å². The summed E-state index contributed by atoms with van der Waals surface area (Å²) in [5.74, 6) is -1.07. The van der Waals surface area contributed by atoms with Crippen LogP contribution < -0.4 is 0 Å². The topological polar surface area (TPSA) is 74.7 Å². The molecular weight excluding hydrogens is 286 g/mol. The van der Waals surface area contributed by atoms with Crippen LogP contribution in [0, 0.1) is 6.92 Å². The fourth-order valence-corrected chi connectivity index (χ4v) is 5.54. The van der Waals surface area contributed by atoms with Crippen LogP contribution in [0.2, 0.25) is 0 Å². The van der Waals surface area contributed by atoms with Crippen molar-refractivity contribution in [2.45, 2.75) is 43.4 Å². The molecule has 1 aromatic rings. The van der Waals surface area contributed by atoms with Gasteiger partial charge in [0.1, 0.15) is 9.09 Å². The Hall–Kier alpha value is -0.920. The minimum Gasteiger partial charge on any atom is -0.477 e. The molecule has 1 aliphatic heterocycles. The highest BCUT2D eigenvalue weighted by molar-refractivity contribution is 7.91. The molecule has 0 saturated carbocycles. The number of thiophene rings is 1. The average Bonchev–Trinajstić information content (AvgIpc) is 2.72. The summed E-state index contributed by atoms with van der Waals surface area (Å²) in [6.45, 7) is 4.04. The van der Waals surface area contributed by atoms with Gasteiger partial charge in [0.15, 0.2) is 0 Å². The second-order valence-electron chi connectivity index (χ2n) is 4.84. The fourth-order valence-electron chi connectivity index (χ4n) is 2.34. The highest BCUT2D eigenvalue weighted by atomic mass is 32.2. The first-order valence-corrected chi connectivity index (χ1v) is 8.45. The number of carbonyl (C=O) groups is 1. The average molecular weight is 303 g/mol. The lowest BCUT2D eigenvalue weighted by molar-refractivity contribution is 0.0701. The second-order valence-corrected chi connectivity index (χ2v) is 8.01. The van der Waals surface area contributed by atoms with Crippen LogP contribution in [0.1, 0.15) is 41.4 Å². The molecule has 1 aromatic heterocycles. The van der Waals surface area contributed by atoms with Crippen LogP contribution in [0.15, 0.2) is 10.3 Å². The summed E-state index contributed by atoms with van der Waals surface area (Å²) in [5.41, 5.74) is 0.501. The Bertz CT molecular complexity index is 591. The van der Waals surface area contributed by atoms with Crippen molar-refractivity contribution in [1.29, 1.82) is 0 Å². The van der Waals surface area contributed by atoms with E-state index in [9.17, 15) is 13.2 Å². The van der Waals surface area contributed by atoms with Crippen molar-refractivity contribution in [2.75, 3.05) is 6.54 Å². The number of rotatable bonds is 3. The van der Waals surface area contributed by atoms with Gasteiger partial charge in [-0.15, -0.1) is 11.3 Å². The number of aryl methyl sites for hydroxylation is 1. The molecule has 0 aliphatic carbocycles. The van der Waals surface area contributed by atoms with Crippen molar-refractivity contribution in [2.24, 2.45) is 0 Å². The zero-order valence-corrected chi connectivity index (χ0v) is 12.6. The summed E-state index contributed by atoms with van der Waals surface area (Å²) in [6.07, 6.45) is 2.76. The van der Waals surface area contributed by atoms with Crippen LogP contribution in [0.25, 0.3) is 0 Å². The van der Waals surface area contributed by atoms with Gasteiger partial charge in [-0.05, 0) is 38.3 Å². The Kier molecular flexibility index (Phi) is 3.98. The molecule has 19 heavy (non-hydrogen) atoms. The lowest BCUT2D eigenvalue weighted by atomic mass is 10.1. The summed E-state index contributed by atoms with van der Waals surface area (Å²) in [5, 5.41) is 9.01. The number of hydrogen-bond acceptors (Lipinski definition) is 4. The normalized spacial score (nSPS) is 21.5. The molecule has 0 spiro atoms. The number of carboxylic acids is 1. The van der Waals surface area contributed by atoms with E-state index in [1.807, 2.05) is 6.92 Å². The molecule has 1 atom stereocenters. The molecule has 0 radical (unpaired) electrons. The third-order valence-electron chi connectivity index (χ3n) is 3.39. The summed E-state index contributed by atoms with van der Waals surface area (Å²) < 4.78 is 26.7. The SMILES string of the molecule is Cc1cc(S(=O)(=O)N2CCCCC2C)sc1C(=O)O. The van der Waals surface area contributed by atoms with E-state index in [2.05, 4.69) is 0 Å². The highest BCUT2D eigenvalue weighted by Gasteiger charge is 2.33. The molecule has 106 valence electrons. The Morgan fingerprint density at radius 1 is 1.47 bits per heavy atom. The van der Waals surface area contributed by atoms with Gasteiger partial charge in [0.2, 0.25) is 0 Å². The number of sulfonamides is 1. The first-order chi connectivity index (χ1) is 8.84. The molecule has 0 bridgehead atoms. The van der Waals surface area contributed by atoms with Crippen LogP contribution >= 0.6 is 11.3 Å². The minimum absolute atomic E-state index is 0.0190. The van der Waals surface area contributed by atoms with Crippen molar-refractivity contribution in [3.63, 3.8) is 0 Å². The number of aromatic carboxylic acids is 1. The Morgan fingerprint density at radius 3 is 2.68 bits per heavy atom. The van der Waals surface area contributed by atoms with E-state index in [1.165, 1.54) is 10.4 Å². The molecule has 2 rings (SSSR count). The maximum atomic E-state index is 12.5. The molecule has 5 nitrogen and oxygen atoms in total. The van der Waals surface area contributed by atoms with Crippen molar-refractivity contribution in [1.82, 2.24) is 4.31 Å². The standard InChI is InChI=1S/C12H17NO4S2/c1-8-7-10(18-11(8)12(14)15)19(16,17)13-6-4-3-5-9(13)2/h7,9H,3-6H2,1-2H3,(H,14,15). The van der Waals surface area contributed by atoms with Gasteiger partial charge in [-0.2, -0.15) is 4.31 Å². The molecule has 1 aliphatic rings. The predicted molar refractivity (Wildman–Crippen MR) is 73.2 cm³/mol. The molecule has 2 heterocycles. The fraction of sp³-hybridized carbons (Fsp3) is 0.583. The molecule has 0 amide bonds. The summed E-state index contributed by atoms with van der Waals surface area (Å²) in [6, 6.07) is 1.44. The van der Waals surface area contributed by atoms with E-state index in [1.54, 1.807) is 6.92 Å². The monoisotopic (exact) mass is 303 g/mol. The molecule has 1 N–H and O–H groups in total. The van der Waals surface area contributed by atoms with Crippen LogP contribution in [-0.4, -0.2) is 36.4 Å². The number of piperidine rings is 1. The van der Waals surface area contributed by atoms with Crippen molar-refractivity contribution in [3.05, 3.63) is 16.5 Å². The lowest BCUT2D eigenvalue weighted by Crippen LogP contribution is -2.41. The first kappa shape index (κ1) is 14.5. The van der Waals surface area contributed by atoms with Gasteiger partial charge in [0, 0.05) is 12.6 Å². The van der Waals surface area contributed by atoms with E-state index in [0.29, 0.717) is 12.1 Å². The van der Waals surface area contributed by atoms with Gasteiger partial charge in [0.25, 0.3) is 10.0 Å². The third kappa shape index (κ3) is 2.68. The lowest BCUT2D eigenvalue weighted by Gasteiger charge is -2.31. The largest absolute Gasteiger partial charge is 0.477 e. The Morgan fingerprint density at radius 2 is 2.16 bits per heavy atom. The Balaban J connectivity index is 2.39. The van der Waals surface area contributed by atoms with Crippen LogP contribution in [0.5, 0.6) is 0 Å². The quantitative estimate of drug-likeness (QED) is 0.930. The van der Waals surface area contributed by atoms with E-state index < -0.39 is 16.0 Å². The van der Waals surface area contributed by atoms with Gasteiger partial charge in [-0.3, -0.25) is 0 Å². The summed E-state index contributed by atoms with van der Waals surface area (Å²) in [4.78, 5) is 11.1. The zero-order valence-electron chi connectivity index (χ0n) is 10.9.